The second-order valence-electron chi connectivity index (χ2n) is 5.06. The summed E-state index contributed by atoms with van der Waals surface area (Å²) in [5, 5.41) is 26.6. The van der Waals surface area contributed by atoms with E-state index in [1.54, 1.807) is 20.8 Å². The second-order valence-corrected chi connectivity index (χ2v) is 9.65. The van der Waals surface area contributed by atoms with Gasteiger partial charge in [0.1, 0.15) is 15.0 Å². The third-order valence-corrected chi connectivity index (χ3v) is 6.59. The highest BCUT2D eigenvalue weighted by atomic mass is 32.2. The first-order valence-corrected chi connectivity index (χ1v) is 9.72. The molecule has 2 aromatic heterocycles. The number of carbonyl (C=O) groups is 1. The third-order valence-electron chi connectivity index (χ3n) is 2.16. The molecule has 0 radical (unpaired) electrons. The smallest absolute Gasteiger partial charge is 0.344 e. The minimum Gasteiger partial charge on any atom is -0.479 e. The lowest BCUT2D eigenvalue weighted by atomic mass is 10.2. The van der Waals surface area contributed by atoms with Crippen molar-refractivity contribution in [3.63, 3.8) is 0 Å². The molecule has 2 N–H and O–H groups in total. The van der Waals surface area contributed by atoms with Crippen molar-refractivity contribution in [2.24, 2.45) is 0 Å². The van der Waals surface area contributed by atoms with Gasteiger partial charge in [-0.1, -0.05) is 23.1 Å². The number of aliphatic hydroxyl groups excluding tert-OH is 1. The number of aliphatic hydroxyl groups is 2. The number of aromatic nitrogens is 2. The fourth-order valence-corrected chi connectivity index (χ4v) is 4.64. The molecule has 0 spiro atoms. The number of rotatable bonds is 3. The predicted molar refractivity (Wildman–Crippen MR) is 90.2 cm³/mol. The molecule has 0 aliphatic rings. The van der Waals surface area contributed by atoms with Crippen LogP contribution in [0.1, 0.15) is 25.8 Å². The van der Waals surface area contributed by atoms with Crippen LogP contribution in [0.2, 0.25) is 0 Å². The summed E-state index contributed by atoms with van der Waals surface area (Å²) in [6.07, 6.45) is 1.88. The van der Waals surface area contributed by atoms with Crippen molar-refractivity contribution < 1.29 is 19.7 Å². The molecule has 0 fully saturated rings. The highest BCUT2D eigenvalue weighted by Crippen LogP contribution is 2.26. The van der Waals surface area contributed by atoms with E-state index >= 15 is 0 Å². The first-order valence-electron chi connectivity index (χ1n) is 6.04. The normalized spacial score (nSPS) is 11.5. The van der Waals surface area contributed by atoms with Gasteiger partial charge in [0, 0.05) is 0 Å². The second kappa shape index (κ2) is 6.57. The Morgan fingerprint density at radius 2 is 1.77 bits per heavy atom. The minimum absolute atomic E-state index is 0.313. The number of esters is 1. The van der Waals surface area contributed by atoms with E-state index in [2.05, 4.69) is 10.2 Å². The van der Waals surface area contributed by atoms with Crippen molar-refractivity contribution in [3.8, 4) is 0 Å². The fourth-order valence-electron chi connectivity index (χ4n) is 1.35. The Bertz CT molecular complexity index is 774. The number of hydrogen-bond acceptors (Lipinski definition) is 10. The van der Waals surface area contributed by atoms with Gasteiger partial charge in [0.25, 0.3) is 0 Å². The van der Waals surface area contributed by atoms with Crippen LogP contribution in [0.4, 0.5) is 0 Å². The average Bonchev–Trinajstić information content (AvgIpc) is 2.78. The van der Waals surface area contributed by atoms with Crippen LogP contribution in [-0.2, 0) is 9.53 Å². The SMILES string of the molecule is CSc1nnc(C(C(=O)OC(C)(C)C)=c2sc(=C(O)O)s2)s1. The maximum atomic E-state index is 12.5. The Morgan fingerprint density at radius 3 is 2.23 bits per heavy atom. The van der Waals surface area contributed by atoms with Crippen LogP contribution in [0.25, 0.3) is 11.5 Å². The van der Waals surface area contributed by atoms with Crippen molar-refractivity contribution >= 4 is 63.3 Å². The van der Waals surface area contributed by atoms with Crippen LogP contribution < -0.4 is 7.69 Å². The van der Waals surface area contributed by atoms with Crippen molar-refractivity contribution in [2.75, 3.05) is 6.26 Å². The van der Waals surface area contributed by atoms with Crippen LogP contribution in [0.5, 0.6) is 0 Å². The Kier molecular flexibility index (Phi) is 5.15. The Morgan fingerprint density at radius 1 is 1.14 bits per heavy atom. The Balaban J connectivity index is 2.53. The summed E-state index contributed by atoms with van der Waals surface area (Å²) in [5.74, 6) is -1.24. The van der Waals surface area contributed by atoms with E-state index in [0.29, 0.717) is 18.3 Å². The zero-order valence-corrected chi connectivity index (χ0v) is 15.5. The van der Waals surface area contributed by atoms with Gasteiger partial charge in [0.15, 0.2) is 13.2 Å². The van der Waals surface area contributed by atoms with Crippen LogP contribution in [0, 0.1) is 0 Å². The molecule has 6 nitrogen and oxygen atoms in total. The number of ether oxygens (including phenoxy) is 1. The van der Waals surface area contributed by atoms with Gasteiger partial charge in [0.05, 0.1) is 0 Å². The first kappa shape index (κ1) is 17.3. The van der Waals surface area contributed by atoms with Gasteiger partial charge in [0.2, 0.25) is 0 Å². The average molecular weight is 379 g/mol. The quantitative estimate of drug-likeness (QED) is 0.624. The maximum absolute atomic E-state index is 12.5. The van der Waals surface area contributed by atoms with Crippen LogP contribution >= 0.6 is 45.8 Å². The predicted octanol–water partition coefficient (Wildman–Crippen LogP) is 2.11. The molecule has 0 unspecified atom stereocenters. The number of nitrogens with zero attached hydrogens (tertiary/aromatic N) is 2. The maximum Gasteiger partial charge on any atom is 0.344 e. The summed E-state index contributed by atoms with van der Waals surface area (Å²) in [5.41, 5.74) is -0.319. The van der Waals surface area contributed by atoms with Crippen LogP contribution in [0.3, 0.4) is 0 Å². The highest BCUT2D eigenvalue weighted by Gasteiger charge is 2.26. The number of hydrogen-bond donors (Lipinski definition) is 2. The van der Waals surface area contributed by atoms with E-state index in [-0.39, 0.29) is 0 Å². The summed E-state index contributed by atoms with van der Waals surface area (Å²) < 4.78 is 7.12. The molecule has 0 amide bonds. The molecule has 10 heteroatoms. The molecule has 120 valence electrons. The molecule has 0 aromatic carbocycles. The molecular formula is C12H14N2O4S4. The molecule has 0 saturated carbocycles. The Hall–Kier alpha value is -1.10. The third kappa shape index (κ3) is 4.00. The molecule has 0 aliphatic heterocycles. The van der Waals surface area contributed by atoms with E-state index in [0.717, 1.165) is 27.0 Å². The van der Waals surface area contributed by atoms with E-state index in [1.165, 1.54) is 23.1 Å². The van der Waals surface area contributed by atoms with E-state index in [4.69, 9.17) is 14.9 Å². The van der Waals surface area contributed by atoms with Crippen molar-refractivity contribution in [2.45, 2.75) is 30.7 Å². The van der Waals surface area contributed by atoms with Crippen molar-refractivity contribution in [3.05, 3.63) is 12.7 Å². The van der Waals surface area contributed by atoms with Crippen LogP contribution in [0.15, 0.2) is 4.34 Å². The van der Waals surface area contributed by atoms with E-state index < -0.39 is 17.5 Å². The Labute approximate surface area is 142 Å². The topological polar surface area (TPSA) is 92.5 Å². The lowest BCUT2D eigenvalue weighted by molar-refractivity contribution is -0.147. The zero-order chi connectivity index (χ0) is 16.5. The van der Waals surface area contributed by atoms with Gasteiger partial charge < -0.3 is 14.9 Å². The lowest BCUT2D eigenvalue weighted by Gasteiger charge is -2.19. The monoisotopic (exact) mass is 378 g/mol. The standard InChI is InChI=1S/C12H14N2O4S4/c1-12(2,3)18-8(17)5(6-13-14-11(19-4)20-6)9-21-10(22-9)7(15)16/h15-16H,1-4H3. The molecular weight excluding hydrogens is 364 g/mol. The van der Waals surface area contributed by atoms with Gasteiger partial charge in [-0.3, -0.25) is 0 Å². The highest BCUT2D eigenvalue weighted by molar-refractivity contribution is 8.00. The van der Waals surface area contributed by atoms with Gasteiger partial charge in [-0.2, -0.15) is 0 Å². The molecule has 2 rings (SSSR count). The molecule has 22 heavy (non-hydrogen) atoms. The fraction of sp³-hybridized carbons (Fsp3) is 0.417. The molecule has 0 aliphatic carbocycles. The van der Waals surface area contributed by atoms with Crippen LogP contribution in [-0.4, -0.2) is 38.2 Å². The van der Waals surface area contributed by atoms with Crippen molar-refractivity contribution in [1.29, 1.82) is 0 Å². The molecule has 2 heterocycles. The van der Waals surface area contributed by atoms with Gasteiger partial charge >= 0.3 is 11.9 Å². The first-order chi connectivity index (χ1) is 10.2. The van der Waals surface area contributed by atoms with Crippen molar-refractivity contribution in [1.82, 2.24) is 10.2 Å². The molecule has 0 bridgehead atoms. The summed E-state index contributed by atoms with van der Waals surface area (Å²) >= 11 is 4.96. The summed E-state index contributed by atoms with van der Waals surface area (Å²) in [6.45, 7) is 5.35. The van der Waals surface area contributed by atoms with Gasteiger partial charge in [-0.05, 0) is 27.0 Å². The summed E-state index contributed by atoms with van der Waals surface area (Å²) in [6, 6.07) is 0. The largest absolute Gasteiger partial charge is 0.479 e. The lowest BCUT2D eigenvalue weighted by Crippen LogP contribution is -2.28. The molecule has 0 atom stereocenters. The molecule has 2 aromatic rings. The summed E-state index contributed by atoms with van der Waals surface area (Å²) in [7, 11) is 0. The molecule has 0 saturated heterocycles. The number of carbonyl (C=O) groups excluding carboxylic acids is 1. The zero-order valence-electron chi connectivity index (χ0n) is 12.2. The van der Waals surface area contributed by atoms with Gasteiger partial charge in [-0.25, -0.2) is 4.79 Å². The van der Waals surface area contributed by atoms with E-state index in [9.17, 15) is 4.79 Å². The van der Waals surface area contributed by atoms with E-state index in [1.807, 2.05) is 6.26 Å². The number of thioether (sulfide) groups is 1. The minimum atomic E-state index is -0.746. The van der Waals surface area contributed by atoms with Gasteiger partial charge in [-0.15, -0.1) is 32.9 Å². The summed E-state index contributed by atoms with van der Waals surface area (Å²) in [4.78, 5) is 12.5.